The average molecular weight is 628 g/mol. The highest BCUT2D eigenvalue weighted by Gasteiger charge is 2.16. The van der Waals surface area contributed by atoms with Gasteiger partial charge in [-0.3, -0.25) is 0 Å². The van der Waals surface area contributed by atoms with Crippen molar-refractivity contribution in [2.75, 3.05) is 0 Å². The van der Waals surface area contributed by atoms with Gasteiger partial charge >= 0.3 is 0 Å². The molecule has 0 aliphatic rings. The van der Waals surface area contributed by atoms with E-state index in [1.165, 1.54) is 0 Å². The number of fused-ring (bicyclic) bond motifs is 4. The number of furan rings is 1. The van der Waals surface area contributed by atoms with E-state index in [0.29, 0.717) is 0 Å². The third kappa shape index (κ3) is 4.93. The molecule has 9 rings (SSSR count). The number of aromatic nitrogens is 3. The first kappa shape index (κ1) is 11.4. The van der Waals surface area contributed by atoms with Crippen LogP contribution in [0, 0.1) is 0 Å². The molecule has 0 spiro atoms. The molecule has 0 amide bonds. The lowest BCUT2D eigenvalue weighted by atomic mass is 9.97. The van der Waals surface area contributed by atoms with Gasteiger partial charge in [0.1, 0.15) is 11.2 Å². The zero-order chi connectivity index (χ0) is 53.8. The van der Waals surface area contributed by atoms with Crippen molar-refractivity contribution < 1.29 is 40.1 Å². The minimum Gasteiger partial charge on any atom is -0.456 e. The van der Waals surface area contributed by atoms with Crippen molar-refractivity contribution in [1.29, 1.82) is 0 Å². The molecule has 0 aliphatic heterocycles. The largest absolute Gasteiger partial charge is 0.456 e. The maximum Gasteiger partial charge on any atom is 0.164 e. The number of para-hydroxylation sites is 1. The van der Waals surface area contributed by atoms with Crippen LogP contribution in [0.3, 0.4) is 0 Å². The lowest BCUT2D eigenvalue weighted by Crippen LogP contribution is -2.00. The Bertz CT molecular complexity index is 4030. The minimum absolute atomic E-state index is 0.419. The minimum atomic E-state index is -0.990. The van der Waals surface area contributed by atoms with E-state index >= 15 is 0 Å². The standard InChI is InChI=1S/C43H27N3O/c1-3-11-28(12-4-1)30-21-22-32-26-35(24-23-31(32)25-30)43-45-41(29-13-5-2-6-14-29)44-42(46-43)34-16-9-15-33(27-34)36-18-10-20-39-40(36)37-17-7-8-19-38(37)47-39/h1-27H/i1D,2D,3D,4D,5D,6D,7D,8D,9D,10D,11D,12D,13D,15D,16D,17D,18D,19D,20D,21D,22D,23D,24D,25D,26D,27D. The van der Waals surface area contributed by atoms with Crippen LogP contribution in [0.15, 0.2) is 168 Å². The van der Waals surface area contributed by atoms with E-state index in [1.54, 1.807) is 0 Å². The molecule has 0 N–H and O–H groups in total. The Morgan fingerprint density at radius 1 is 0.404 bits per heavy atom. The molecule has 7 aromatic carbocycles. The predicted molar refractivity (Wildman–Crippen MR) is 192 cm³/mol. The van der Waals surface area contributed by atoms with Crippen molar-refractivity contribution in [2.24, 2.45) is 0 Å². The number of hydrogen-bond donors (Lipinski definition) is 0. The van der Waals surface area contributed by atoms with Gasteiger partial charge < -0.3 is 4.42 Å². The van der Waals surface area contributed by atoms with E-state index in [1.807, 2.05) is 0 Å². The molecule has 2 heterocycles. The highest BCUT2D eigenvalue weighted by Crippen LogP contribution is 2.38. The van der Waals surface area contributed by atoms with E-state index in [4.69, 9.17) is 35.9 Å². The molecule has 0 fully saturated rings. The zero-order valence-corrected chi connectivity index (χ0v) is 23.3. The molecule has 47 heavy (non-hydrogen) atoms. The summed E-state index contributed by atoms with van der Waals surface area (Å²) in [6.45, 7) is 0. The highest BCUT2D eigenvalue weighted by atomic mass is 16.3. The van der Waals surface area contributed by atoms with Gasteiger partial charge in [0.25, 0.3) is 0 Å². The Morgan fingerprint density at radius 2 is 0.979 bits per heavy atom. The molecule has 4 nitrogen and oxygen atoms in total. The smallest absolute Gasteiger partial charge is 0.164 e. The van der Waals surface area contributed by atoms with Crippen molar-refractivity contribution in [3.05, 3.63) is 163 Å². The molecule has 0 unspecified atom stereocenters. The third-order valence-corrected chi connectivity index (χ3v) is 6.82. The topological polar surface area (TPSA) is 51.8 Å². The molecule has 2 aromatic heterocycles. The van der Waals surface area contributed by atoms with E-state index in [2.05, 4.69) is 15.0 Å². The molecule has 0 saturated carbocycles. The quantitative estimate of drug-likeness (QED) is 0.190. The Balaban J connectivity index is 1.42. The zero-order valence-electron chi connectivity index (χ0n) is 49.3. The van der Waals surface area contributed by atoms with Crippen LogP contribution in [0.2, 0.25) is 0 Å². The first-order valence-electron chi connectivity index (χ1n) is 26.6. The van der Waals surface area contributed by atoms with Gasteiger partial charge in [0.05, 0.1) is 35.6 Å². The number of hydrogen-bond acceptors (Lipinski definition) is 4. The van der Waals surface area contributed by atoms with Crippen LogP contribution in [0.1, 0.15) is 35.6 Å². The monoisotopic (exact) mass is 627 g/mol. The van der Waals surface area contributed by atoms with Crippen molar-refractivity contribution >= 4 is 32.7 Å². The molecule has 0 saturated heterocycles. The van der Waals surface area contributed by atoms with Crippen LogP contribution in [-0.4, -0.2) is 15.0 Å². The fraction of sp³-hybridized carbons (Fsp3) is 0. The van der Waals surface area contributed by atoms with Gasteiger partial charge in [0, 0.05) is 27.5 Å². The summed E-state index contributed by atoms with van der Waals surface area (Å²) < 4.78 is 233. The van der Waals surface area contributed by atoms with Crippen LogP contribution in [-0.2, 0) is 0 Å². The first-order valence-corrected chi connectivity index (χ1v) is 13.6. The average Bonchev–Trinajstić information content (AvgIpc) is 3.76. The van der Waals surface area contributed by atoms with Crippen molar-refractivity contribution in [1.82, 2.24) is 15.0 Å². The van der Waals surface area contributed by atoms with Crippen LogP contribution in [0.5, 0.6) is 0 Å². The maximum atomic E-state index is 9.63. The molecule has 0 radical (unpaired) electrons. The second-order valence-electron chi connectivity index (χ2n) is 9.64. The Kier molecular flexibility index (Phi) is 2.73. The SMILES string of the molecule is [2H]c1cc(-c2nc(-c3c([2H])c([2H])c([2H])c(-c4c([2H])c([2H])c([2H])c5oc6c([2H])c([2H])c([2H])c([2H])c6c45)c3[2H])nc(-c3c([2H])c([2H])c4c([2H])c(-c5c([2H])c([2H])c([2H])c([2H])c5[2H])c([2H])c([2H])c4c3[2H])n2)c([2H])c([2H])c1[2H]. The Labute approximate surface area is 308 Å². The van der Waals surface area contributed by atoms with Gasteiger partial charge in [0.15, 0.2) is 17.5 Å². The van der Waals surface area contributed by atoms with Crippen LogP contribution in [0.25, 0.3) is 89.1 Å². The highest BCUT2D eigenvalue weighted by molar-refractivity contribution is 6.12. The van der Waals surface area contributed by atoms with Crippen LogP contribution in [0.4, 0.5) is 0 Å². The van der Waals surface area contributed by atoms with Crippen LogP contribution < -0.4 is 0 Å². The van der Waals surface area contributed by atoms with Gasteiger partial charge in [0.2, 0.25) is 0 Å². The van der Waals surface area contributed by atoms with Crippen molar-refractivity contribution in [3.63, 3.8) is 0 Å². The van der Waals surface area contributed by atoms with Gasteiger partial charge in [-0.1, -0.05) is 133 Å². The van der Waals surface area contributed by atoms with Gasteiger partial charge in [-0.2, -0.15) is 0 Å². The van der Waals surface area contributed by atoms with E-state index < -0.39 is 246 Å². The summed E-state index contributed by atoms with van der Waals surface area (Å²) in [5.41, 5.74) is -5.80. The third-order valence-electron chi connectivity index (χ3n) is 6.82. The summed E-state index contributed by atoms with van der Waals surface area (Å²) in [4.78, 5) is 13.0. The van der Waals surface area contributed by atoms with E-state index in [-0.39, 0.29) is 0 Å². The molecule has 220 valence electrons. The fourth-order valence-corrected chi connectivity index (χ4v) is 4.73. The molecule has 0 bridgehead atoms. The molecule has 0 atom stereocenters. The Morgan fingerprint density at radius 3 is 1.81 bits per heavy atom. The summed E-state index contributed by atoms with van der Waals surface area (Å²) in [5.74, 6) is -2.35. The second kappa shape index (κ2) is 11.2. The lowest BCUT2D eigenvalue weighted by molar-refractivity contribution is 0.669. The summed E-state index contributed by atoms with van der Waals surface area (Å²) in [6.07, 6.45) is 0. The first-order chi connectivity index (χ1) is 34.1. The summed E-state index contributed by atoms with van der Waals surface area (Å²) in [5, 5.41) is -2.16. The van der Waals surface area contributed by atoms with Crippen molar-refractivity contribution in [2.45, 2.75) is 0 Å². The van der Waals surface area contributed by atoms with Crippen molar-refractivity contribution in [3.8, 4) is 56.4 Å². The number of nitrogens with zero attached hydrogens (tertiary/aromatic N) is 3. The number of rotatable bonds is 5. The van der Waals surface area contributed by atoms with Gasteiger partial charge in [-0.15, -0.1) is 0 Å². The van der Waals surface area contributed by atoms with Crippen LogP contribution >= 0.6 is 0 Å². The van der Waals surface area contributed by atoms with Gasteiger partial charge in [-0.25, -0.2) is 15.0 Å². The molecule has 9 aromatic rings. The van der Waals surface area contributed by atoms with Gasteiger partial charge in [-0.05, 0) is 63.2 Å². The molecule has 4 heteroatoms. The summed E-state index contributed by atoms with van der Waals surface area (Å²) in [6, 6.07) is -21.0. The predicted octanol–water partition coefficient (Wildman–Crippen LogP) is 11.3. The number of benzene rings is 7. The normalized spacial score (nSPS) is 19.1. The molecule has 0 aliphatic carbocycles. The lowest BCUT2D eigenvalue weighted by Gasteiger charge is -2.11. The fourth-order valence-electron chi connectivity index (χ4n) is 4.73. The summed E-state index contributed by atoms with van der Waals surface area (Å²) in [7, 11) is 0. The second-order valence-corrected chi connectivity index (χ2v) is 9.64. The molecular weight excluding hydrogens is 574 g/mol. The van der Waals surface area contributed by atoms with E-state index in [9.17, 15) is 4.11 Å². The summed E-state index contributed by atoms with van der Waals surface area (Å²) >= 11 is 0. The van der Waals surface area contributed by atoms with E-state index in [0.717, 1.165) is 6.07 Å². The molecular formula is C43H27N3O. The Hall–Kier alpha value is -6.39. The maximum absolute atomic E-state index is 9.63.